The van der Waals surface area contributed by atoms with E-state index < -0.39 is 0 Å². The van der Waals surface area contributed by atoms with Crippen LogP contribution >= 0.6 is 0 Å². The molecule has 2 aromatic heterocycles. The second-order valence-corrected chi connectivity index (χ2v) is 3.56. The molecule has 0 aliphatic carbocycles. The first-order valence-corrected chi connectivity index (χ1v) is 5.48. The Morgan fingerprint density at radius 2 is 2.29 bits per heavy atom. The Hall–Kier alpha value is -2.11. The average molecular weight is 234 g/mol. The van der Waals surface area contributed by atoms with Crippen molar-refractivity contribution in [2.75, 3.05) is 12.5 Å². The minimum absolute atomic E-state index is 0.212. The Balaban J connectivity index is 2.55. The van der Waals surface area contributed by atoms with Gasteiger partial charge in [-0.3, -0.25) is 4.79 Å². The van der Waals surface area contributed by atoms with Gasteiger partial charge in [-0.1, -0.05) is 6.92 Å². The average Bonchev–Trinajstić information content (AvgIpc) is 2.83. The Labute approximate surface area is 98.3 Å². The second-order valence-electron chi connectivity index (χ2n) is 3.56. The normalized spacial score (nSPS) is 10.5. The molecule has 2 aromatic rings. The van der Waals surface area contributed by atoms with Gasteiger partial charge in [0, 0.05) is 13.5 Å². The lowest BCUT2D eigenvalue weighted by molar-refractivity contribution is 0.572. The predicted octanol–water partition coefficient (Wildman–Crippen LogP) is 1.02. The highest BCUT2D eigenvalue weighted by molar-refractivity contribution is 5.49. The van der Waals surface area contributed by atoms with E-state index in [1.54, 1.807) is 19.2 Å². The summed E-state index contributed by atoms with van der Waals surface area (Å²) in [6, 6.07) is 3.39. The van der Waals surface area contributed by atoms with Gasteiger partial charge in [0.05, 0.1) is 6.26 Å². The molecular weight excluding hydrogens is 220 g/mol. The van der Waals surface area contributed by atoms with Crippen LogP contribution in [0, 0.1) is 0 Å². The maximum Gasteiger partial charge on any atom is 0.302 e. The van der Waals surface area contributed by atoms with Crippen molar-refractivity contribution in [3.63, 3.8) is 0 Å². The van der Waals surface area contributed by atoms with Crippen LogP contribution in [-0.2, 0) is 6.42 Å². The van der Waals surface area contributed by atoms with E-state index in [1.807, 2.05) is 6.92 Å². The van der Waals surface area contributed by atoms with E-state index in [2.05, 4.69) is 15.6 Å². The molecule has 0 aromatic carbocycles. The maximum absolute atomic E-state index is 12.1. The number of hydrogen-bond acceptors (Lipinski definition) is 5. The number of nitrogens with zero attached hydrogens (tertiary/aromatic N) is 3. The van der Waals surface area contributed by atoms with Gasteiger partial charge in [0.1, 0.15) is 0 Å². The van der Waals surface area contributed by atoms with Gasteiger partial charge in [0.25, 0.3) is 0 Å². The summed E-state index contributed by atoms with van der Waals surface area (Å²) in [5.74, 6) is 1.05. The molecule has 1 N–H and O–H groups in total. The van der Waals surface area contributed by atoms with Crippen LogP contribution in [0.5, 0.6) is 0 Å². The summed E-state index contributed by atoms with van der Waals surface area (Å²) in [6.45, 7) is 2.02. The summed E-state index contributed by atoms with van der Waals surface area (Å²) in [5.41, 5.74) is 2.77. The molecule has 0 saturated heterocycles. The summed E-state index contributed by atoms with van der Waals surface area (Å²) >= 11 is 0. The van der Waals surface area contributed by atoms with Gasteiger partial charge in [-0.05, 0) is 18.6 Å². The molecular formula is C11H14N4O2. The van der Waals surface area contributed by atoms with E-state index in [0.29, 0.717) is 18.0 Å². The molecule has 6 nitrogen and oxygen atoms in total. The maximum atomic E-state index is 12.1. The Morgan fingerprint density at radius 1 is 1.47 bits per heavy atom. The fraction of sp³-hybridized carbons (Fsp3) is 0.364. The van der Waals surface area contributed by atoms with Crippen molar-refractivity contribution in [2.45, 2.75) is 19.8 Å². The molecule has 17 heavy (non-hydrogen) atoms. The van der Waals surface area contributed by atoms with E-state index in [4.69, 9.17) is 4.42 Å². The van der Waals surface area contributed by atoms with Gasteiger partial charge >= 0.3 is 5.56 Å². The number of rotatable bonds is 4. The molecule has 0 radical (unpaired) electrons. The van der Waals surface area contributed by atoms with Crippen LogP contribution in [0.1, 0.15) is 19.2 Å². The van der Waals surface area contributed by atoms with Gasteiger partial charge in [-0.15, -0.1) is 10.2 Å². The summed E-state index contributed by atoms with van der Waals surface area (Å²) in [7, 11) is 1.67. The van der Waals surface area contributed by atoms with Gasteiger partial charge in [0.15, 0.2) is 17.3 Å². The minimum atomic E-state index is -0.249. The van der Waals surface area contributed by atoms with Gasteiger partial charge in [-0.25, -0.2) is 4.68 Å². The van der Waals surface area contributed by atoms with Crippen LogP contribution in [0.4, 0.5) is 0 Å². The highest BCUT2D eigenvalue weighted by atomic mass is 16.3. The SMILES string of the molecule is CCCc1nnc(-c2ccco2)c(=O)n1NC. The quantitative estimate of drug-likeness (QED) is 0.855. The highest BCUT2D eigenvalue weighted by Gasteiger charge is 2.14. The monoisotopic (exact) mass is 234 g/mol. The molecule has 90 valence electrons. The van der Waals surface area contributed by atoms with E-state index in [-0.39, 0.29) is 11.3 Å². The lowest BCUT2D eigenvalue weighted by atomic mass is 10.3. The van der Waals surface area contributed by atoms with Crippen LogP contribution < -0.4 is 11.0 Å². The van der Waals surface area contributed by atoms with Crippen molar-refractivity contribution in [1.29, 1.82) is 0 Å². The van der Waals surface area contributed by atoms with E-state index >= 15 is 0 Å². The van der Waals surface area contributed by atoms with E-state index in [0.717, 1.165) is 6.42 Å². The van der Waals surface area contributed by atoms with Crippen molar-refractivity contribution < 1.29 is 4.42 Å². The van der Waals surface area contributed by atoms with E-state index in [9.17, 15) is 4.79 Å². The molecule has 2 rings (SSSR count). The smallest absolute Gasteiger partial charge is 0.302 e. The third-order valence-electron chi connectivity index (χ3n) is 2.38. The molecule has 0 fully saturated rings. The molecule has 0 aliphatic heterocycles. The van der Waals surface area contributed by atoms with Crippen LogP contribution in [0.3, 0.4) is 0 Å². The van der Waals surface area contributed by atoms with E-state index in [1.165, 1.54) is 10.9 Å². The molecule has 0 aliphatic rings. The fourth-order valence-electron chi connectivity index (χ4n) is 1.60. The topological polar surface area (TPSA) is 73.0 Å². The first-order valence-electron chi connectivity index (χ1n) is 5.48. The lowest BCUT2D eigenvalue weighted by Gasteiger charge is -2.09. The molecule has 6 heteroatoms. The molecule has 0 saturated carbocycles. The Morgan fingerprint density at radius 3 is 2.88 bits per heavy atom. The fourth-order valence-corrected chi connectivity index (χ4v) is 1.60. The lowest BCUT2D eigenvalue weighted by Crippen LogP contribution is -2.33. The zero-order valence-electron chi connectivity index (χ0n) is 9.80. The molecule has 0 unspecified atom stereocenters. The standard InChI is InChI=1S/C11H14N4O2/c1-3-5-9-13-14-10(8-6-4-7-17-8)11(16)15(9)12-2/h4,6-7,12H,3,5H2,1-2H3. The van der Waals surface area contributed by atoms with Crippen molar-refractivity contribution in [3.8, 4) is 11.5 Å². The third kappa shape index (κ3) is 2.06. The van der Waals surface area contributed by atoms with Crippen molar-refractivity contribution in [1.82, 2.24) is 14.9 Å². The molecule has 0 amide bonds. The number of nitrogens with one attached hydrogen (secondary N) is 1. The van der Waals surface area contributed by atoms with Crippen LogP contribution in [0.25, 0.3) is 11.5 Å². The number of hydrogen-bond donors (Lipinski definition) is 1. The second kappa shape index (κ2) is 4.82. The first-order chi connectivity index (χ1) is 8.27. The molecule has 0 spiro atoms. The van der Waals surface area contributed by atoms with Gasteiger partial charge in [-0.2, -0.15) is 0 Å². The number of aryl methyl sites for hydroxylation is 1. The van der Waals surface area contributed by atoms with Gasteiger partial charge in [0.2, 0.25) is 0 Å². The summed E-state index contributed by atoms with van der Waals surface area (Å²) < 4.78 is 6.55. The Bertz CT molecular complexity index is 545. The van der Waals surface area contributed by atoms with Crippen molar-refractivity contribution in [3.05, 3.63) is 34.6 Å². The minimum Gasteiger partial charge on any atom is -0.462 e. The Kier molecular flexibility index (Phi) is 3.22. The van der Waals surface area contributed by atoms with Crippen LogP contribution in [0.15, 0.2) is 27.6 Å². The molecule has 2 heterocycles. The largest absolute Gasteiger partial charge is 0.462 e. The van der Waals surface area contributed by atoms with Crippen molar-refractivity contribution in [2.24, 2.45) is 0 Å². The first kappa shape index (κ1) is 11.4. The predicted molar refractivity (Wildman–Crippen MR) is 63.3 cm³/mol. The summed E-state index contributed by atoms with van der Waals surface area (Å²) in [6.07, 6.45) is 3.09. The number of aromatic nitrogens is 3. The van der Waals surface area contributed by atoms with Crippen LogP contribution in [0.2, 0.25) is 0 Å². The summed E-state index contributed by atoms with van der Waals surface area (Å²) in [4.78, 5) is 12.1. The zero-order valence-corrected chi connectivity index (χ0v) is 9.80. The summed E-state index contributed by atoms with van der Waals surface area (Å²) in [5, 5.41) is 7.98. The number of furan rings is 1. The molecule has 0 atom stereocenters. The van der Waals surface area contributed by atoms with Crippen LogP contribution in [-0.4, -0.2) is 21.9 Å². The third-order valence-corrected chi connectivity index (χ3v) is 2.38. The van der Waals surface area contributed by atoms with Crippen molar-refractivity contribution >= 4 is 0 Å². The zero-order chi connectivity index (χ0) is 12.3. The highest BCUT2D eigenvalue weighted by Crippen LogP contribution is 2.12. The molecule has 0 bridgehead atoms. The van der Waals surface area contributed by atoms with Gasteiger partial charge < -0.3 is 9.84 Å².